The Labute approximate surface area is 122 Å². The Morgan fingerprint density at radius 1 is 1.19 bits per heavy atom. The number of para-hydroxylation sites is 2. The summed E-state index contributed by atoms with van der Waals surface area (Å²) in [6.07, 6.45) is 1.15. The highest BCUT2D eigenvalue weighted by atomic mass is 16.6. The second kappa shape index (κ2) is 6.65. The SMILES string of the molecule is Cc1cccc(C=O)c1OCCc1ccccc1[N+](=O)[O-]. The Balaban J connectivity index is 2.09. The number of carbonyl (C=O) groups is 1. The number of hydrogen-bond acceptors (Lipinski definition) is 4. The molecule has 108 valence electrons. The number of nitro groups is 1. The van der Waals surface area contributed by atoms with Crippen LogP contribution in [-0.4, -0.2) is 17.8 Å². The van der Waals surface area contributed by atoms with Gasteiger partial charge in [-0.2, -0.15) is 0 Å². The molecular weight excluding hydrogens is 270 g/mol. The number of rotatable bonds is 6. The average molecular weight is 285 g/mol. The Morgan fingerprint density at radius 3 is 2.67 bits per heavy atom. The maximum absolute atomic E-state index is 11.0. The van der Waals surface area contributed by atoms with Crippen molar-refractivity contribution in [3.63, 3.8) is 0 Å². The van der Waals surface area contributed by atoms with E-state index in [0.29, 0.717) is 23.3 Å². The van der Waals surface area contributed by atoms with Crippen molar-refractivity contribution in [2.45, 2.75) is 13.3 Å². The molecule has 0 heterocycles. The molecule has 5 heteroatoms. The summed E-state index contributed by atoms with van der Waals surface area (Å²) < 4.78 is 5.64. The number of aryl methyl sites for hydroxylation is 1. The van der Waals surface area contributed by atoms with E-state index in [9.17, 15) is 14.9 Å². The van der Waals surface area contributed by atoms with Gasteiger partial charge in [-0.3, -0.25) is 14.9 Å². The van der Waals surface area contributed by atoms with Crippen LogP contribution in [0, 0.1) is 17.0 Å². The zero-order valence-corrected chi connectivity index (χ0v) is 11.6. The lowest BCUT2D eigenvalue weighted by Gasteiger charge is -2.11. The second-order valence-corrected chi connectivity index (χ2v) is 4.60. The van der Waals surface area contributed by atoms with E-state index in [4.69, 9.17) is 4.74 Å². The second-order valence-electron chi connectivity index (χ2n) is 4.60. The van der Waals surface area contributed by atoms with Gasteiger partial charge in [-0.1, -0.05) is 30.3 Å². The summed E-state index contributed by atoms with van der Waals surface area (Å²) in [6.45, 7) is 2.13. The van der Waals surface area contributed by atoms with Gasteiger partial charge in [0.25, 0.3) is 5.69 Å². The van der Waals surface area contributed by atoms with E-state index < -0.39 is 4.92 Å². The Kier molecular flexibility index (Phi) is 4.66. The van der Waals surface area contributed by atoms with Gasteiger partial charge in [0.2, 0.25) is 0 Å². The Morgan fingerprint density at radius 2 is 1.95 bits per heavy atom. The first kappa shape index (κ1) is 14.7. The summed E-state index contributed by atoms with van der Waals surface area (Å²) in [5.74, 6) is 0.533. The molecule has 0 aromatic heterocycles. The number of hydrogen-bond donors (Lipinski definition) is 0. The minimum absolute atomic E-state index is 0.0847. The van der Waals surface area contributed by atoms with E-state index in [1.807, 2.05) is 13.0 Å². The Bertz CT molecular complexity index is 667. The van der Waals surface area contributed by atoms with Crippen LogP contribution < -0.4 is 4.74 Å². The lowest BCUT2D eigenvalue weighted by molar-refractivity contribution is -0.385. The van der Waals surface area contributed by atoms with Crippen molar-refractivity contribution >= 4 is 12.0 Å². The van der Waals surface area contributed by atoms with Crippen LogP contribution in [0.5, 0.6) is 5.75 Å². The minimum Gasteiger partial charge on any atom is -0.492 e. The third-order valence-corrected chi connectivity index (χ3v) is 3.18. The molecule has 0 unspecified atom stereocenters. The summed E-state index contributed by atoms with van der Waals surface area (Å²) in [4.78, 5) is 21.5. The van der Waals surface area contributed by atoms with Crippen LogP contribution in [0.3, 0.4) is 0 Å². The van der Waals surface area contributed by atoms with Gasteiger partial charge in [-0.25, -0.2) is 0 Å². The van der Waals surface area contributed by atoms with E-state index in [0.717, 1.165) is 11.8 Å². The maximum atomic E-state index is 11.0. The van der Waals surface area contributed by atoms with Crippen molar-refractivity contribution in [2.24, 2.45) is 0 Å². The zero-order chi connectivity index (χ0) is 15.2. The highest BCUT2D eigenvalue weighted by Crippen LogP contribution is 2.23. The van der Waals surface area contributed by atoms with Crippen molar-refractivity contribution in [3.8, 4) is 5.75 Å². The average Bonchev–Trinajstić information content (AvgIpc) is 2.49. The molecule has 0 bridgehead atoms. The zero-order valence-electron chi connectivity index (χ0n) is 11.6. The van der Waals surface area contributed by atoms with Gasteiger partial charge in [-0.15, -0.1) is 0 Å². The fraction of sp³-hybridized carbons (Fsp3) is 0.188. The van der Waals surface area contributed by atoms with Crippen molar-refractivity contribution in [1.82, 2.24) is 0 Å². The molecule has 0 saturated heterocycles. The summed E-state index contributed by atoms with van der Waals surface area (Å²) >= 11 is 0. The van der Waals surface area contributed by atoms with E-state index in [1.165, 1.54) is 6.07 Å². The van der Waals surface area contributed by atoms with Crippen LogP contribution in [0.1, 0.15) is 21.5 Å². The minimum atomic E-state index is -0.403. The molecule has 0 fully saturated rings. The number of ether oxygens (including phenoxy) is 1. The smallest absolute Gasteiger partial charge is 0.272 e. The summed E-state index contributed by atoms with van der Waals surface area (Å²) in [5, 5.41) is 10.9. The molecule has 2 aromatic rings. The first-order valence-corrected chi connectivity index (χ1v) is 6.53. The predicted octanol–water partition coefficient (Wildman–Crippen LogP) is 3.34. The topological polar surface area (TPSA) is 69.4 Å². The van der Waals surface area contributed by atoms with E-state index in [-0.39, 0.29) is 12.3 Å². The van der Waals surface area contributed by atoms with E-state index in [1.54, 1.807) is 30.3 Å². The summed E-state index contributed by atoms with van der Waals surface area (Å²) in [7, 11) is 0. The number of aldehydes is 1. The summed E-state index contributed by atoms with van der Waals surface area (Å²) in [5.41, 5.74) is 2.05. The Hall–Kier alpha value is -2.69. The largest absolute Gasteiger partial charge is 0.492 e. The molecule has 2 aromatic carbocycles. The molecule has 0 saturated carbocycles. The molecule has 0 aliphatic rings. The van der Waals surface area contributed by atoms with Crippen LogP contribution in [-0.2, 0) is 6.42 Å². The molecule has 0 N–H and O–H groups in total. The van der Waals surface area contributed by atoms with E-state index >= 15 is 0 Å². The molecular formula is C16H15NO4. The highest BCUT2D eigenvalue weighted by Gasteiger charge is 2.13. The van der Waals surface area contributed by atoms with Crippen molar-refractivity contribution in [3.05, 3.63) is 69.3 Å². The summed E-state index contributed by atoms with van der Waals surface area (Å²) in [6, 6.07) is 11.9. The standard InChI is InChI=1S/C16H15NO4/c1-12-5-4-7-14(11-18)16(12)21-10-9-13-6-2-3-8-15(13)17(19)20/h2-8,11H,9-10H2,1H3. The highest BCUT2D eigenvalue weighted by molar-refractivity contribution is 5.80. The quantitative estimate of drug-likeness (QED) is 0.463. The molecule has 0 amide bonds. The molecule has 0 spiro atoms. The molecule has 2 rings (SSSR count). The molecule has 0 atom stereocenters. The molecule has 21 heavy (non-hydrogen) atoms. The predicted molar refractivity (Wildman–Crippen MR) is 78.9 cm³/mol. The fourth-order valence-electron chi connectivity index (χ4n) is 2.13. The first-order chi connectivity index (χ1) is 10.1. The van der Waals surface area contributed by atoms with Crippen molar-refractivity contribution in [2.75, 3.05) is 6.61 Å². The van der Waals surface area contributed by atoms with Gasteiger partial charge in [0.1, 0.15) is 5.75 Å². The van der Waals surface area contributed by atoms with Crippen LogP contribution in [0.15, 0.2) is 42.5 Å². The number of nitrogens with zero attached hydrogens (tertiary/aromatic N) is 1. The molecule has 0 aliphatic carbocycles. The van der Waals surface area contributed by atoms with Gasteiger partial charge in [-0.05, 0) is 18.6 Å². The number of benzene rings is 2. The van der Waals surface area contributed by atoms with Crippen molar-refractivity contribution in [1.29, 1.82) is 0 Å². The van der Waals surface area contributed by atoms with Crippen molar-refractivity contribution < 1.29 is 14.5 Å². The van der Waals surface area contributed by atoms with Gasteiger partial charge in [0.05, 0.1) is 17.1 Å². The molecule has 5 nitrogen and oxygen atoms in total. The van der Waals surface area contributed by atoms with Crippen LogP contribution >= 0.6 is 0 Å². The van der Waals surface area contributed by atoms with E-state index in [2.05, 4.69) is 0 Å². The van der Waals surface area contributed by atoms with Gasteiger partial charge in [0, 0.05) is 18.1 Å². The fourth-order valence-corrected chi connectivity index (χ4v) is 2.13. The van der Waals surface area contributed by atoms with Gasteiger partial charge < -0.3 is 4.74 Å². The lowest BCUT2D eigenvalue weighted by atomic mass is 10.1. The van der Waals surface area contributed by atoms with Crippen LogP contribution in [0.2, 0.25) is 0 Å². The monoisotopic (exact) mass is 285 g/mol. The third-order valence-electron chi connectivity index (χ3n) is 3.18. The normalized spacial score (nSPS) is 10.1. The third kappa shape index (κ3) is 3.45. The first-order valence-electron chi connectivity index (χ1n) is 6.53. The van der Waals surface area contributed by atoms with Crippen LogP contribution in [0.4, 0.5) is 5.69 Å². The molecule has 0 aliphatic heterocycles. The molecule has 0 radical (unpaired) electrons. The van der Waals surface area contributed by atoms with Gasteiger partial charge in [0.15, 0.2) is 6.29 Å². The number of carbonyl (C=O) groups excluding carboxylic acids is 1. The van der Waals surface area contributed by atoms with Gasteiger partial charge >= 0.3 is 0 Å². The number of nitro benzene ring substituents is 1. The lowest BCUT2D eigenvalue weighted by Crippen LogP contribution is -2.06. The maximum Gasteiger partial charge on any atom is 0.272 e. The van der Waals surface area contributed by atoms with Crippen LogP contribution in [0.25, 0.3) is 0 Å².